The topological polar surface area (TPSA) is 55.8 Å². The van der Waals surface area contributed by atoms with E-state index in [-0.39, 0.29) is 0 Å². The molecule has 0 aliphatic heterocycles. The number of benzene rings is 1. The van der Waals surface area contributed by atoms with E-state index in [0.29, 0.717) is 13.2 Å². The first-order chi connectivity index (χ1) is 7.66. The molecule has 1 aromatic carbocycles. The first kappa shape index (κ1) is 14.5. The van der Waals surface area contributed by atoms with E-state index < -0.39 is 5.97 Å². The van der Waals surface area contributed by atoms with Crippen molar-refractivity contribution in [2.45, 2.75) is 13.8 Å². The zero-order valence-corrected chi connectivity index (χ0v) is 9.68. The Balaban J connectivity index is 0.000000487. The lowest BCUT2D eigenvalue weighted by Crippen LogP contribution is -2.05. The highest BCUT2D eigenvalue weighted by molar-refractivity contribution is 5.62. The number of aliphatic carboxylic acids is 1. The van der Waals surface area contributed by atoms with Gasteiger partial charge in [-0.1, -0.05) is 18.2 Å². The molecule has 0 saturated heterocycles. The maximum atomic E-state index is 9.00. The molecule has 16 heavy (non-hydrogen) atoms. The third-order valence-corrected chi connectivity index (χ3v) is 1.44. The Hall–Kier alpha value is -1.55. The van der Waals surface area contributed by atoms with Crippen molar-refractivity contribution in [3.05, 3.63) is 30.3 Å². The van der Waals surface area contributed by atoms with Gasteiger partial charge >= 0.3 is 0 Å². The van der Waals surface area contributed by atoms with Crippen LogP contribution in [0.25, 0.3) is 0 Å². The van der Waals surface area contributed by atoms with Crippen molar-refractivity contribution in [2.75, 3.05) is 19.8 Å². The van der Waals surface area contributed by atoms with Crippen LogP contribution in [0.5, 0.6) is 5.75 Å². The highest BCUT2D eigenvalue weighted by Crippen LogP contribution is 2.07. The van der Waals surface area contributed by atoms with Gasteiger partial charge in [0.05, 0.1) is 6.61 Å². The van der Waals surface area contributed by atoms with Crippen molar-refractivity contribution >= 4 is 5.97 Å². The molecule has 4 heteroatoms. The van der Waals surface area contributed by atoms with Gasteiger partial charge in [0, 0.05) is 13.5 Å². The van der Waals surface area contributed by atoms with E-state index in [4.69, 9.17) is 19.4 Å². The minimum Gasteiger partial charge on any atom is -0.491 e. The van der Waals surface area contributed by atoms with Crippen molar-refractivity contribution in [2.24, 2.45) is 0 Å². The highest BCUT2D eigenvalue weighted by atomic mass is 16.5. The molecule has 0 radical (unpaired) electrons. The number of hydrogen-bond acceptors (Lipinski definition) is 3. The molecule has 0 heterocycles. The van der Waals surface area contributed by atoms with E-state index in [1.165, 1.54) is 0 Å². The highest BCUT2D eigenvalue weighted by Gasteiger charge is 1.89. The van der Waals surface area contributed by atoms with Crippen LogP contribution < -0.4 is 4.74 Å². The number of carbonyl (C=O) groups is 1. The largest absolute Gasteiger partial charge is 0.491 e. The molecule has 0 fully saturated rings. The molecule has 4 nitrogen and oxygen atoms in total. The van der Waals surface area contributed by atoms with Crippen molar-refractivity contribution in [1.82, 2.24) is 0 Å². The molecule has 0 aliphatic rings. The quantitative estimate of drug-likeness (QED) is 0.782. The summed E-state index contributed by atoms with van der Waals surface area (Å²) in [7, 11) is 0. The van der Waals surface area contributed by atoms with Crippen LogP contribution in [0.15, 0.2) is 30.3 Å². The number of rotatable bonds is 5. The molecular weight excluding hydrogens is 208 g/mol. The second-order valence-corrected chi connectivity index (χ2v) is 2.88. The fourth-order valence-corrected chi connectivity index (χ4v) is 0.880. The molecule has 0 amide bonds. The second-order valence-electron chi connectivity index (χ2n) is 2.88. The number of para-hydroxylation sites is 1. The summed E-state index contributed by atoms with van der Waals surface area (Å²) in [4.78, 5) is 9.00. The van der Waals surface area contributed by atoms with Crippen molar-refractivity contribution in [3.8, 4) is 5.75 Å². The molecule has 0 unspecified atom stereocenters. The first-order valence-corrected chi connectivity index (χ1v) is 5.12. The van der Waals surface area contributed by atoms with E-state index >= 15 is 0 Å². The molecule has 0 atom stereocenters. The van der Waals surface area contributed by atoms with Crippen LogP contribution in [-0.4, -0.2) is 30.9 Å². The molecule has 0 aromatic heterocycles. The summed E-state index contributed by atoms with van der Waals surface area (Å²) in [6.07, 6.45) is 0. The summed E-state index contributed by atoms with van der Waals surface area (Å²) in [5.41, 5.74) is 0. The lowest BCUT2D eigenvalue weighted by Gasteiger charge is -2.04. The molecule has 0 bridgehead atoms. The van der Waals surface area contributed by atoms with Gasteiger partial charge in [0.2, 0.25) is 0 Å². The summed E-state index contributed by atoms with van der Waals surface area (Å²) >= 11 is 0. The lowest BCUT2D eigenvalue weighted by atomic mass is 10.3. The molecule has 0 aliphatic carbocycles. The Labute approximate surface area is 95.8 Å². The number of carboxylic acids is 1. The van der Waals surface area contributed by atoms with Crippen LogP contribution in [0, 0.1) is 0 Å². The van der Waals surface area contributed by atoms with E-state index in [2.05, 4.69) is 0 Å². The van der Waals surface area contributed by atoms with Crippen LogP contribution in [0.3, 0.4) is 0 Å². The van der Waals surface area contributed by atoms with Gasteiger partial charge in [-0.25, -0.2) is 0 Å². The predicted octanol–water partition coefficient (Wildman–Crippen LogP) is 2.19. The van der Waals surface area contributed by atoms with Crippen LogP contribution in [0.1, 0.15) is 13.8 Å². The lowest BCUT2D eigenvalue weighted by molar-refractivity contribution is -0.134. The van der Waals surface area contributed by atoms with Gasteiger partial charge in [0.15, 0.2) is 0 Å². The normalized spacial score (nSPS) is 8.88. The number of carboxylic acid groups (broad SMARTS) is 1. The third-order valence-electron chi connectivity index (χ3n) is 1.44. The molecule has 1 aromatic rings. The van der Waals surface area contributed by atoms with Crippen molar-refractivity contribution < 1.29 is 19.4 Å². The Morgan fingerprint density at radius 3 is 2.31 bits per heavy atom. The molecule has 90 valence electrons. The van der Waals surface area contributed by atoms with Crippen molar-refractivity contribution in [3.63, 3.8) is 0 Å². The summed E-state index contributed by atoms with van der Waals surface area (Å²) in [6.45, 7) is 5.09. The number of hydrogen-bond donors (Lipinski definition) is 1. The fourth-order valence-electron chi connectivity index (χ4n) is 0.880. The van der Waals surface area contributed by atoms with E-state index in [9.17, 15) is 0 Å². The summed E-state index contributed by atoms with van der Waals surface area (Å²) in [6, 6.07) is 9.75. The average molecular weight is 226 g/mol. The maximum absolute atomic E-state index is 9.00. The second kappa shape index (κ2) is 9.98. The van der Waals surface area contributed by atoms with Gasteiger partial charge in [-0.3, -0.25) is 4.79 Å². The standard InChI is InChI=1S/C10H14O2.C2H4O2/c1-2-11-8-9-12-10-6-4-3-5-7-10;1-2(3)4/h3-7H,2,8-9H2,1H3;1H3,(H,3,4). The molecular formula is C12H18O4. The van der Waals surface area contributed by atoms with Gasteiger partial charge in [0.1, 0.15) is 12.4 Å². The number of ether oxygens (including phenoxy) is 2. The van der Waals surface area contributed by atoms with Crippen LogP contribution in [0.2, 0.25) is 0 Å². The van der Waals surface area contributed by atoms with E-state index in [1.54, 1.807) is 0 Å². The van der Waals surface area contributed by atoms with E-state index in [1.807, 2.05) is 37.3 Å². The minimum atomic E-state index is -0.833. The summed E-state index contributed by atoms with van der Waals surface area (Å²) in [5.74, 6) is 0.0669. The minimum absolute atomic E-state index is 0.623. The maximum Gasteiger partial charge on any atom is 0.300 e. The predicted molar refractivity (Wildman–Crippen MR) is 61.7 cm³/mol. The van der Waals surface area contributed by atoms with Crippen LogP contribution in [0.4, 0.5) is 0 Å². The van der Waals surface area contributed by atoms with Gasteiger partial charge in [-0.05, 0) is 19.1 Å². The third kappa shape index (κ3) is 10.5. The average Bonchev–Trinajstić information content (AvgIpc) is 2.25. The SMILES string of the molecule is CC(=O)O.CCOCCOc1ccccc1. The van der Waals surface area contributed by atoms with Crippen molar-refractivity contribution in [1.29, 1.82) is 0 Å². The smallest absolute Gasteiger partial charge is 0.300 e. The van der Waals surface area contributed by atoms with E-state index in [0.717, 1.165) is 19.3 Å². The monoisotopic (exact) mass is 226 g/mol. The Morgan fingerprint density at radius 1 is 1.25 bits per heavy atom. The molecule has 1 rings (SSSR count). The molecule has 0 saturated carbocycles. The zero-order valence-electron chi connectivity index (χ0n) is 9.68. The molecule has 0 spiro atoms. The van der Waals surface area contributed by atoms with Gasteiger partial charge in [0.25, 0.3) is 5.97 Å². The van der Waals surface area contributed by atoms with Crippen LogP contribution in [-0.2, 0) is 9.53 Å². The van der Waals surface area contributed by atoms with Gasteiger partial charge < -0.3 is 14.6 Å². The zero-order chi connectivity index (χ0) is 12.2. The summed E-state index contributed by atoms with van der Waals surface area (Å²) in [5, 5.41) is 7.42. The Bertz CT molecular complexity index is 268. The summed E-state index contributed by atoms with van der Waals surface area (Å²) < 4.78 is 10.5. The first-order valence-electron chi connectivity index (χ1n) is 5.12. The van der Waals surface area contributed by atoms with Gasteiger partial charge in [-0.15, -0.1) is 0 Å². The van der Waals surface area contributed by atoms with Gasteiger partial charge in [-0.2, -0.15) is 0 Å². The Kier molecular flexibility index (Phi) is 9.02. The van der Waals surface area contributed by atoms with Crippen LogP contribution >= 0.6 is 0 Å². The molecule has 1 N–H and O–H groups in total. The fraction of sp³-hybridized carbons (Fsp3) is 0.417. The Morgan fingerprint density at radius 2 is 1.81 bits per heavy atom.